The molecule has 2 aliphatic rings. The third-order valence-corrected chi connectivity index (χ3v) is 5.86. The summed E-state index contributed by atoms with van der Waals surface area (Å²) in [6, 6.07) is 8.93. The summed E-state index contributed by atoms with van der Waals surface area (Å²) in [6.07, 6.45) is 3.82. The predicted molar refractivity (Wildman–Crippen MR) is 111 cm³/mol. The number of hydrogen-bond acceptors (Lipinski definition) is 8. The molecule has 4 heterocycles. The lowest BCUT2D eigenvalue weighted by Gasteiger charge is -2.32. The topological polar surface area (TPSA) is 102 Å². The number of aromatic nitrogens is 4. The molecule has 1 aromatic carbocycles. The zero-order valence-corrected chi connectivity index (χ0v) is 16.9. The number of phenolic OH excluding ortho intramolecular Hbond substituents is 1. The van der Waals surface area contributed by atoms with Crippen molar-refractivity contribution in [2.75, 3.05) is 7.11 Å². The number of piperidine rings is 1. The molecular formula is C22H22FN5O3. The molecule has 0 amide bonds. The van der Waals surface area contributed by atoms with E-state index in [0.717, 1.165) is 24.0 Å². The van der Waals surface area contributed by atoms with Gasteiger partial charge in [0, 0.05) is 30.8 Å². The first-order valence-electron chi connectivity index (χ1n) is 10.2. The monoisotopic (exact) mass is 423 g/mol. The van der Waals surface area contributed by atoms with Gasteiger partial charge in [0.05, 0.1) is 18.9 Å². The van der Waals surface area contributed by atoms with E-state index < -0.39 is 12.3 Å². The number of benzene rings is 1. The summed E-state index contributed by atoms with van der Waals surface area (Å²) in [4.78, 5) is 8.34. The highest BCUT2D eigenvalue weighted by Gasteiger charge is 2.43. The zero-order valence-electron chi connectivity index (χ0n) is 16.9. The molecule has 8 nitrogen and oxygen atoms in total. The van der Waals surface area contributed by atoms with Gasteiger partial charge in [-0.25, -0.2) is 14.4 Å². The van der Waals surface area contributed by atoms with Gasteiger partial charge in [-0.1, -0.05) is 6.07 Å². The van der Waals surface area contributed by atoms with Crippen LogP contribution in [0.3, 0.4) is 0 Å². The predicted octanol–water partition coefficient (Wildman–Crippen LogP) is 2.92. The highest BCUT2D eigenvalue weighted by molar-refractivity contribution is 5.73. The number of fused-ring (bicyclic) bond motifs is 2. The van der Waals surface area contributed by atoms with E-state index in [0.29, 0.717) is 17.9 Å². The normalized spacial score (nSPS) is 24.7. The highest BCUT2D eigenvalue weighted by Crippen LogP contribution is 2.33. The van der Waals surface area contributed by atoms with Crippen LogP contribution in [0.4, 0.5) is 4.39 Å². The third kappa shape index (κ3) is 3.88. The van der Waals surface area contributed by atoms with Crippen molar-refractivity contribution >= 4 is 0 Å². The molecule has 0 spiro atoms. The van der Waals surface area contributed by atoms with Crippen LogP contribution in [0.2, 0.25) is 0 Å². The van der Waals surface area contributed by atoms with E-state index in [1.54, 1.807) is 31.5 Å². The Morgan fingerprint density at radius 3 is 2.71 bits per heavy atom. The fourth-order valence-corrected chi connectivity index (χ4v) is 4.27. The van der Waals surface area contributed by atoms with Crippen molar-refractivity contribution in [2.45, 2.75) is 43.6 Å². The van der Waals surface area contributed by atoms with E-state index in [2.05, 4.69) is 25.5 Å². The van der Waals surface area contributed by atoms with Crippen LogP contribution >= 0.6 is 0 Å². The Labute approximate surface area is 178 Å². The fourth-order valence-electron chi connectivity index (χ4n) is 4.27. The molecule has 0 aliphatic carbocycles. The van der Waals surface area contributed by atoms with Crippen LogP contribution in [-0.2, 0) is 0 Å². The lowest BCUT2D eigenvalue weighted by atomic mass is 10.0. The van der Waals surface area contributed by atoms with Crippen LogP contribution in [0.15, 0.2) is 42.7 Å². The Bertz CT molecular complexity index is 1080. The van der Waals surface area contributed by atoms with Crippen LogP contribution in [0.25, 0.3) is 22.5 Å². The number of alkyl halides is 1. The van der Waals surface area contributed by atoms with E-state index in [9.17, 15) is 9.50 Å². The molecule has 2 fully saturated rings. The average molecular weight is 423 g/mol. The van der Waals surface area contributed by atoms with E-state index in [1.807, 2.05) is 12.1 Å². The largest absolute Gasteiger partial charge is 0.507 e. The fraction of sp³-hybridized carbons (Fsp3) is 0.364. The molecular weight excluding hydrogens is 401 g/mol. The van der Waals surface area contributed by atoms with Crippen LogP contribution in [0.5, 0.6) is 17.5 Å². The van der Waals surface area contributed by atoms with E-state index in [4.69, 9.17) is 9.47 Å². The minimum atomic E-state index is -1.08. The first-order valence-corrected chi connectivity index (χ1v) is 10.2. The number of rotatable bonds is 5. The summed E-state index contributed by atoms with van der Waals surface area (Å²) < 4.78 is 25.4. The Kier molecular flexibility index (Phi) is 5.11. The molecule has 2 unspecified atom stereocenters. The molecule has 5 rings (SSSR count). The summed E-state index contributed by atoms with van der Waals surface area (Å²) in [5, 5.41) is 21.9. The summed E-state index contributed by atoms with van der Waals surface area (Å²) >= 11 is 0. The second-order valence-corrected chi connectivity index (χ2v) is 7.82. The number of ether oxygens (including phenoxy) is 2. The molecule has 160 valence electrons. The quantitative estimate of drug-likeness (QED) is 0.646. The SMILES string of the molecule is COc1cc(-c2ccc(-c3ncc(O[C@@H]4CC5CCC(N5)[C@@H]4F)nn3)c(O)c2)ccn1. The highest BCUT2D eigenvalue weighted by atomic mass is 19.1. The van der Waals surface area contributed by atoms with Crippen LogP contribution in [-0.4, -0.2) is 56.7 Å². The Morgan fingerprint density at radius 1 is 1.06 bits per heavy atom. The van der Waals surface area contributed by atoms with Crippen LogP contribution < -0.4 is 14.8 Å². The number of nitrogens with zero attached hydrogens (tertiary/aromatic N) is 4. The van der Waals surface area contributed by atoms with Gasteiger partial charge in [0.1, 0.15) is 11.9 Å². The van der Waals surface area contributed by atoms with Gasteiger partial charge in [-0.15, -0.1) is 10.2 Å². The van der Waals surface area contributed by atoms with Crippen molar-refractivity contribution in [1.29, 1.82) is 0 Å². The van der Waals surface area contributed by atoms with Crippen molar-refractivity contribution in [3.8, 4) is 40.0 Å². The second kappa shape index (κ2) is 8.07. The van der Waals surface area contributed by atoms with Gasteiger partial charge in [0.15, 0.2) is 12.0 Å². The number of hydrogen-bond donors (Lipinski definition) is 2. The molecule has 0 radical (unpaired) electrons. The summed E-state index contributed by atoms with van der Waals surface area (Å²) in [6.45, 7) is 0. The molecule has 9 heteroatoms. The maximum Gasteiger partial charge on any atom is 0.252 e. The molecule has 31 heavy (non-hydrogen) atoms. The third-order valence-electron chi connectivity index (χ3n) is 5.86. The van der Waals surface area contributed by atoms with Gasteiger partial charge in [-0.05, 0) is 42.2 Å². The number of phenols is 1. The number of methoxy groups -OCH3 is 1. The average Bonchev–Trinajstić information content (AvgIpc) is 3.21. The van der Waals surface area contributed by atoms with Crippen LogP contribution in [0.1, 0.15) is 19.3 Å². The van der Waals surface area contributed by atoms with Gasteiger partial charge in [-0.3, -0.25) is 0 Å². The minimum absolute atomic E-state index is 0.0162. The maximum atomic E-state index is 14.5. The van der Waals surface area contributed by atoms with Crippen molar-refractivity contribution in [1.82, 2.24) is 25.5 Å². The number of pyridine rings is 1. The first kappa shape index (κ1) is 19.6. The summed E-state index contributed by atoms with van der Waals surface area (Å²) in [5.74, 6) is 0.938. The standard InChI is InChI=1S/C22H22FN5O3/c1-30-19-9-13(6-7-24-19)12-2-4-15(17(29)8-12)22-25-11-20(27-28-22)31-18-10-14-3-5-16(26-14)21(18)23/h2,4,6-9,11,14,16,18,21,26,29H,3,5,10H2,1H3/t14?,16?,18-,21+/m1/s1. The minimum Gasteiger partial charge on any atom is -0.507 e. The van der Waals surface area contributed by atoms with Gasteiger partial charge >= 0.3 is 0 Å². The first-order chi connectivity index (χ1) is 15.1. The molecule has 3 aromatic rings. The number of aromatic hydroxyl groups is 1. The van der Waals surface area contributed by atoms with Crippen molar-refractivity contribution in [2.24, 2.45) is 0 Å². The van der Waals surface area contributed by atoms with Crippen molar-refractivity contribution < 1.29 is 19.0 Å². The van der Waals surface area contributed by atoms with Crippen molar-refractivity contribution in [3.05, 3.63) is 42.7 Å². The number of halogens is 1. The van der Waals surface area contributed by atoms with Gasteiger partial charge < -0.3 is 19.9 Å². The summed E-state index contributed by atoms with van der Waals surface area (Å²) in [7, 11) is 1.55. The summed E-state index contributed by atoms with van der Waals surface area (Å²) in [5.41, 5.74) is 2.09. The maximum absolute atomic E-state index is 14.5. The van der Waals surface area contributed by atoms with Gasteiger partial charge in [0.25, 0.3) is 5.88 Å². The van der Waals surface area contributed by atoms with Crippen LogP contribution in [0, 0.1) is 0 Å². The molecule has 2 aromatic heterocycles. The lowest BCUT2D eigenvalue weighted by Crippen LogP contribution is -2.51. The smallest absolute Gasteiger partial charge is 0.252 e. The van der Waals surface area contributed by atoms with E-state index >= 15 is 0 Å². The second-order valence-electron chi connectivity index (χ2n) is 7.82. The number of nitrogens with one attached hydrogen (secondary N) is 1. The molecule has 4 atom stereocenters. The Morgan fingerprint density at radius 2 is 1.94 bits per heavy atom. The Hall–Kier alpha value is -3.33. The Balaban J connectivity index is 1.32. The molecule has 2 saturated heterocycles. The molecule has 0 saturated carbocycles. The van der Waals surface area contributed by atoms with E-state index in [-0.39, 0.29) is 29.5 Å². The van der Waals surface area contributed by atoms with Gasteiger partial charge in [-0.2, -0.15) is 0 Å². The van der Waals surface area contributed by atoms with E-state index in [1.165, 1.54) is 6.20 Å². The lowest BCUT2D eigenvalue weighted by molar-refractivity contribution is 0.0418. The molecule has 2 N–H and O–H groups in total. The molecule has 2 aliphatic heterocycles. The molecule has 2 bridgehead atoms. The van der Waals surface area contributed by atoms with Crippen molar-refractivity contribution in [3.63, 3.8) is 0 Å². The zero-order chi connectivity index (χ0) is 21.4. The van der Waals surface area contributed by atoms with Gasteiger partial charge in [0.2, 0.25) is 5.88 Å².